The molecule has 0 aromatic heterocycles. The van der Waals surface area contributed by atoms with E-state index >= 15 is 0 Å². The molecule has 2 aliphatic rings. The zero-order chi connectivity index (χ0) is 17.9. The average molecular weight is 365 g/mol. The Hall–Kier alpha value is -2.70. The Kier molecular flexibility index (Phi) is 4.69. The van der Waals surface area contributed by atoms with Gasteiger partial charge in [-0.1, -0.05) is 30.3 Å². The fourth-order valence-electron chi connectivity index (χ4n) is 3.12. The van der Waals surface area contributed by atoms with Crippen LogP contribution >= 0.6 is 12.2 Å². The van der Waals surface area contributed by atoms with Crippen molar-refractivity contribution in [3.8, 4) is 0 Å². The standard InChI is InChI=1S/C20H19N3O2S/c24-19-18(21-20(26)23(19)17-4-2-1-3-5-17)14-15-6-8-16(9-7-15)22-10-12-25-13-11-22/h1-9,14H,10-13H2,(H,21,26). The normalized spacial score (nSPS) is 19.2. The van der Waals surface area contributed by atoms with Gasteiger partial charge in [-0.2, -0.15) is 0 Å². The largest absolute Gasteiger partial charge is 0.378 e. The summed E-state index contributed by atoms with van der Waals surface area (Å²) in [6, 6.07) is 17.6. The molecule has 2 aliphatic heterocycles. The van der Waals surface area contributed by atoms with Crippen molar-refractivity contribution in [2.75, 3.05) is 36.1 Å². The molecule has 1 N–H and O–H groups in total. The molecule has 0 atom stereocenters. The fourth-order valence-corrected chi connectivity index (χ4v) is 3.41. The fraction of sp³-hybridized carbons (Fsp3) is 0.200. The summed E-state index contributed by atoms with van der Waals surface area (Å²) >= 11 is 5.33. The predicted molar refractivity (Wildman–Crippen MR) is 107 cm³/mol. The van der Waals surface area contributed by atoms with Gasteiger partial charge < -0.3 is 15.0 Å². The van der Waals surface area contributed by atoms with Crippen LogP contribution in [0.25, 0.3) is 6.08 Å². The summed E-state index contributed by atoms with van der Waals surface area (Å²) in [5, 5.41) is 3.42. The van der Waals surface area contributed by atoms with E-state index in [4.69, 9.17) is 17.0 Å². The van der Waals surface area contributed by atoms with E-state index in [-0.39, 0.29) is 5.91 Å². The van der Waals surface area contributed by atoms with E-state index in [1.807, 2.05) is 48.5 Å². The lowest BCUT2D eigenvalue weighted by Crippen LogP contribution is -2.36. The number of nitrogens with one attached hydrogen (secondary N) is 1. The second-order valence-electron chi connectivity index (χ2n) is 6.16. The summed E-state index contributed by atoms with van der Waals surface area (Å²) in [6.45, 7) is 3.33. The number of thiocarbonyl (C=S) groups is 1. The van der Waals surface area contributed by atoms with Gasteiger partial charge in [-0.3, -0.25) is 9.69 Å². The topological polar surface area (TPSA) is 44.8 Å². The van der Waals surface area contributed by atoms with Gasteiger partial charge in [0, 0.05) is 18.8 Å². The van der Waals surface area contributed by atoms with Gasteiger partial charge >= 0.3 is 0 Å². The number of carbonyl (C=O) groups is 1. The monoisotopic (exact) mass is 365 g/mol. The van der Waals surface area contributed by atoms with Crippen molar-refractivity contribution in [2.45, 2.75) is 0 Å². The van der Waals surface area contributed by atoms with Crippen LogP contribution in [0.15, 0.2) is 60.3 Å². The lowest BCUT2D eigenvalue weighted by molar-refractivity contribution is -0.113. The summed E-state index contributed by atoms with van der Waals surface area (Å²) in [6.07, 6.45) is 1.83. The number of nitrogens with zero attached hydrogens (tertiary/aromatic N) is 2. The highest BCUT2D eigenvalue weighted by Crippen LogP contribution is 2.23. The molecule has 0 unspecified atom stereocenters. The van der Waals surface area contributed by atoms with Crippen LogP contribution in [0.4, 0.5) is 11.4 Å². The number of rotatable bonds is 3. The van der Waals surface area contributed by atoms with E-state index in [0.717, 1.165) is 37.6 Å². The number of morpholine rings is 1. The zero-order valence-electron chi connectivity index (χ0n) is 14.2. The molecule has 0 radical (unpaired) electrons. The van der Waals surface area contributed by atoms with Crippen molar-refractivity contribution in [3.63, 3.8) is 0 Å². The van der Waals surface area contributed by atoms with E-state index in [0.29, 0.717) is 10.8 Å². The van der Waals surface area contributed by atoms with Crippen LogP contribution < -0.4 is 15.1 Å². The van der Waals surface area contributed by atoms with Crippen molar-refractivity contribution < 1.29 is 9.53 Å². The highest BCUT2D eigenvalue weighted by atomic mass is 32.1. The Morgan fingerprint density at radius 2 is 1.65 bits per heavy atom. The van der Waals surface area contributed by atoms with Gasteiger partial charge in [0.1, 0.15) is 5.70 Å². The molecule has 0 aliphatic carbocycles. The molecule has 2 heterocycles. The van der Waals surface area contributed by atoms with Gasteiger partial charge in [-0.15, -0.1) is 0 Å². The highest BCUT2D eigenvalue weighted by molar-refractivity contribution is 7.80. The van der Waals surface area contributed by atoms with E-state index in [1.165, 1.54) is 10.6 Å². The Morgan fingerprint density at radius 1 is 0.962 bits per heavy atom. The maximum Gasteiger partial charge on any atom is 0.281 e. The number of para-hydroxylation sites is 1. The molecule has 4 rings (SSSR count). The molecule has 2 fully saturated rings. The number of ether oxygens (including phenoxy) is 1. The third-order valence-electron chi connectivity index (χ3n) is 4.47. The number of anilines is 2. The van der Waals surface area contributed by atoms with E-state index in [9.17, 15) is 4.79 Å². The molecule has 0 bridgehead atoms. The maximum absolute atomic E-state index is 12.7. The molecular weight excluding hydrogens is 346 g/mol. The number of hydrogen-bond acceptors (Lipinski definition) is 4. The molecular formula is C20H19N3O2S. The van der Waals surface area contributed by atoms with E-state index < -0.39 is 0 Å². The van der Waals surface area contributed by atoms with Gasteiger partial charge in [-0.25, -0.2) is 0 Å². The van der Waals surface area contributed by atoms with Crippen molar-refractivity contribution in [1.82, 2.24) is 5.32 Å². The van der Waals surface area contributed by atoms with Crippen LogP contribution in [0.3, 0.4) is 0 Å². The second kappa shape index (κ2) is 7.27. The molecule has 6 heteroatoms. The van der Waals surface area contributed by atoms with Gasteiger partial charge in [0.05, 0.1) is 18.9 Å². The van der Waals surface area contributed by atoms with Crippen LogP contribution in [0.5, 0.6) is 0 Å². The number of carbonyl (C=O) groups excluding carboxylic acids is 1. The van der Waals surface area contributed by atoms with Crippen LogP contribution in [0, 0.1) is 0 Å². The van der Waals surface area contributed by atoms with Gasteiger partial charge in [-0.05, 0) is 48.1 Å². The first-order valence-electron chi connectivity index (χ1n) is 8.57. The zero-order valence-corrected chi connectivity index (χ0v) is 15.0. The van der Waals surface area contributed by atoms with Crippen LogP contribution in [0.2, 0.25) is 0 Å². The Labute approximate surface area is 157 Å². The third kappa shape index (κ3) is 3.34. The third-order valence-corrected chi connectivity index (χ3v) is 4.76. The maximum atomic E-state index is 12.7. The number of amides is 1. The SMILES string of the molecule is O=C1C(=Cc2ccc(N3CCOCC3)cc2)NC(=S)N1c1ccccc1. The first kappa shape index (κ1) is 16.8. The minimum Gasteiger partial charge on any atom is -0.378 e. The molecule has 2 saturated heterocycles. The van der Waals surface area contributed by atoms with Crippen molar-refractivity contribution in [2.24, 2.45) is 0 Å². The lowest BCUT2D eigenvalue weighted by atomic mass is 10.1. The molecule has 0 saturated carbocycles. The molecule has 1 amide bonds. The first-order chi connectivity index (χ1) is 12.7. The van der Waals surface area contributed by atoms with Crippen LogP contribution in [-0.4, -0.2) is 37.3 Å². The molecule has 26 heavy (non-hydrogen) atoms. The van der Waals surface area contributed by atoms with Crippen molar-refractivity contribution in [3.05, 3.63) is 65.9 Å². The van der Waals surface area contributed by atoms with E-state index in [1.54, 1.807) is 0 Å². The van der Waals surface area contributed by atoms with Gasteiger partial charge in [0.15, 0.2) is 5.11 Å². The summed E-state index contributed by atoms with van der Waals surface area (Å²) in [5.74, 6) is -0.140. The summed E-state index contributed by atoms with van der Waals surface area (Å²) in [7, 11) is 0. The Balaban J connectivity index is 1.53. The Morgan fingerprint density at radius 3 is 2.35 bits per heavy atom. The van der Waals surface area contributed by atoms with Gasteiger partial charge in [0.2, 0.25) is 0 Å². The number of hydrogen-bond donors (Lipinski definition) is 1. The molecule has 132 valence electrons. The molecule has 2 aromatic carbocycles. The highest BCUT2D eigenvalue weighted by Gasteiger charge is 2.31. The summed E-state index contributed by atoms with van der Waals surface area (Å²) < 4.78 is 5.39. The smallest absolute Gasteiger partial charge is 0.281 e. The molecule has 5 nitrogen and oxygen atoms in total. The average Bonchev–Trinajstić information content (AvgIpc) is 2.97. The van der Waals surface area contributed by atoms with Crippen LogP contribution in [-0.2, 0) is 9.53 Å². The number of benzene rings is 2. The summed E-state index contributed by atoms with van der Waals surface area (Å²) in [4.78, 5) is 16.5. The van der Waals surface area contributed by atoms with Crippen molar-refractivity contribution >= 4 is 40.7 Å². The Bertz CT molecular complexity index is 843. The second-order valence-corrected chi connectivity index (χ2v) is 6.54. The summed E-state index contributed by atoms with van der Waals surface area (Å²) in [5.41, 5.74) is 3.37. The van der Waals surface area contributed by atoms with Crippen molar-refractivity contribution in [1.29, 1.82) is 0 Å². The predicted octanol–water partition coefficient (Wildman–Crippen LogP) is 2.79. The molecule has 2 aromatic rings. The molecule has 0 spiro atoms. The lowest BCUT2D eigenvalue weighted by Gasteiger charge is -2.28. The minimum atomic E-state index is -0.140. The first-order valence-corrected chi connectivity index (χ1v) is 8.98. The minimum absolute atomic E-state index is 0.140. The quantitative estimate of drug-likeness (QED) is 0.669. The van der Waals surface area contributed by atoms with E-state index in [2.05, 4.69) is 22.3 Å². The van der Waals surface area contributed by atoms with Gasteiger partial charge in [0.25, 0.3) is 5.91 Å². The van der Waals surface area contributed by atoms with Crippen LogP contribution in [0.1, 0.15) is 5.56 Å².